The van der Waals surface area contributed by atoms with E-state index in [9.17, 15) is 9.90 Å². The van der Waals surface area contributed by atoms with Crippen molar-refractivity contribution in [3.05, 3.63) is 64.8 Å². The number of primary amides is 1. The van der Waals surface area contributed by atoms with Crippen LogP contribution in [-0.2, 0) is 24.2 Å². The van der Waals surface area contributed by atoms with Crippen molar-refractivity contribution >= 4 is 16.8 Å². The molecule has 5 nitrogen and oxygen atoms in total. The summed E-state index contributed by atoms with van der Waals surface area (Å²) in [6.07, 6.45) is 3.39. The molecule has 28 heavy (non-hydrogen) atoms. The first kappa shape index (κ1) is 18.1. The fraction of sp³-hybridized carbons (Fsp3) is 0.304. The molecule has 0 fully saturated rings. The highest BCUT2D eigenvalue weighted by atomic mass is 16.3. The molecule has 2 aromatic carbocycles. The number of aromatic nitrogens is 1. The van der Waals surface area contributed by atoms with E-state index < -0.39 is 0 Å². The number of carbonyl (C=O) groups excluding carboxylic acids is 1. The van der Waals surface area contributed by atoms with Crippen LogP contribution in [0, 0.1) is 11.3 Å². The van der Waals surface area contributed by atoms with Gasteiger partial charge in [0.15, 0.2) is 0 Å². The first-order valence-electron chi connectivity index (χ1n) is 9.67. The van der Waals surface area contributed by atoms with Crippen molar-refractivity contribution in [3.8, 4) is 11.8 Å². The number of benzene rings is 2. The molecule has 1 aliphatic carbocycles. The molecular weight excluding hydrogens is 350 g/mol. The topological polar surface area (TPSA) is 92.0 Å². The largest absolute Gasteiger partial charge is 0.508 e. The zero-order valence-electron chi connectivity index (χ0n) is 15.7. The normalized spacial score (nSPS) is 15.9. The minimum absolute atomic E-state index is 0.177. The maximum Gasteiger partial charge on any atom is 0.225 e. The summed E-state index contributed by atoms with van der Waals surface area (Å²) in [7, 11) is 0. The van der Waals surface area contributed by atoms with Gasteiger partial charge in [0.1, 0.15) is 5.75 Å². The average molecular weight is 373 g/mol. The third-order valence-electron chi connectivity index (χ3n) is 5.70. The fourth-order valence-electron chi connectivity index (χ4n) is 4.40. The van der Waals surface area contributed by atoms with Gasteiger partial charge < -0.3 is 15.4 Å². The van der Waals surface area contributed by atoms with Gasteiger partial charge in [0, 0.05) is 29.6 Å². The minimum Gasteiger partial charge on any atom is -0.508 e. The number of fused-ring (bicyclic) bond motifs is 3. The summed E-state index contributed by atoms with van der Waals surface area (Å²) >= 11 is 0. The van der Waals surface area contributed by atoms with Crippen molar-refractivity contribution in [1.82, 2.24) is 4.57 Å². The Bertz CT molecular complexity index is 1080. The van der Waals surface area contributed by atoms with E-state index in [0.717, 1.165) is 47.0 Å². The van der Waals surface area contributed by atoms with Gasteiger partial charge in [-0.05, 0) is 54.5 Å². The SMILES string of the molecule is N#CCCc1cc2c(cc1O)c1c(n2Cc2ccccc2)CCCC1C(N)=O. The molecule has 3 N–H and O–H groups in total. The monoisotopic (exact) mass is 373 g/mol. The van der Waals surface area contributed by atoms with Crippen molar-refractivity contribution in [2.24, 2.45) is 5.73 Å². The van der Waals surface area contributed by atoms with Crippen LogP contribution < -0.4 is 5.73 Å². The van der Waals surface area contributed by atoms with Crippen LogP contribution in [0.2, 0.25) is 0 Å². The summed E-state index contributed by atoms with van der Waals surface area (Å²) in [5, 5.41) is 20.3. The van der Waals surface area contributed by atoms with Gasteiger partial charge in [0.25, 0.3) is 0 Å². The Hall–Kier alpha value is -3.26. The molecule has 1 heterocycles. The van der Waals surface area contributed by atoms with Gasteiger partial charge in [-0.25, -0.2) is 0 Å². The maximum absolute atomic E-state index is 12.1. The van der Waals surface area contributed by atoms with Gasteiger partial charge >= 0.3 is 0 Å². The Morgan fingerprint density at radius 2 is 2.07 bits per heavy atom. The van der Waals surface area contributed by atoms with E-state index in [1.54, 1.807) is 6.07 Å². The smallest absolute Gasteiger partial charge is 0.225 e. The quantitative estimate of drug-likeness (QED) is 0.713. The zero-order valence-corrected chi connectivity index (χ0v) is 15.7. The highest BCUT2D eigenvalue weighted by Crippen LogP contribution is 2.41. The lowest BCUT2D eigenvalue weighted by Gasteiger charge is -2.22. The van der Waals surface area contributed by atoms with Crippen LogP contribution in [0.15, 0.2) is 42.5 Å². The number of aryl methyl sites for hydroxylation is 1. The fourth-order valence-corrected chi connectivity index (χ4v) is 4.40. The molecule has 0 aliphatic heterocycles. The lowest BCUT2D eigenvalue weighted by molar-refractivity contribution is -0.119. The second-order valence-corrected chi connectivity index (χ2v) is 7.44. The second-order valence-electron chi connectivity index (χ2n) is 7.44. The predicted octanol–water partition coefficient (Wildman–Crippen LogP) is 3.76. The van der Waals surface area contributed by atoms with Crippen molar-refractivity contribution in [1.29, 1.82) is 5.26 Å². The molecule has 0 bridgehead atoms. The number of rotatable bonds is 5. The van der Waals surface area contributed by atoms with E-state index in [1.165, 1.54) is 5.56 Å². The summed E-state index contributed by atoms with van der Waals surface area (Å²) in [4.78, 5) is 12.1. The summed E-state index contributed by atoms with van der Waals surface area (Å²) < 4.78 is 2.25. The molecule has 142 valence electrons. The van der Waals surface area contributed by atoms with E-state index in [0.29, 0.717) is 19.4 Å². The van der Waals surface area contributed by atoms with Gasteiger partial charge in [-0.15, -0.1) is 0 Å². The predicted molar refractivity (Wildman–Crippen MR) is 108 cm³/mol. The highest BCUT2D eigenvalue weighted by Gasteiger charge is 2.31. The lowest BCUT2D eigenvalue weighted by atomic mass is 9.84. The number of carbonyl (C=O) groups is 1. The molecule has 1 aliphatic rings. The van der Waals surface area contributed by atoms with Gasteiger partial charge in [0.05, 0.1) is 12.0 Å². The number of hydrogen-bond acceptors (Lipinski definition) is 3. The Balaban J connectivity index is 1.94. The number of nitrogens with two attached hydrogens (primary N) is 1. The average Bonchev–Trinajstić information content (AvgIpc) is 2.99. The van der Waals surface area contributed by atoms with Crippen molar-refractivity contribution in [2.75, 3.05) is 0 Å². The Kier molecular flexibility index (Phi) is 4.79. The molecule has 3 aromatic rings. The molecule has 0 saturated carbocycles. The Labute approximate surface area is 164 Å². The van der Waals surface area contributed by atoms with Crippen LogP contribution in [0.4, 0.5) is 0 Å². The van der Waals surface area contributed by atoms with Crippen LogP contribution >= 0.6 is 0 Å². The minimum atomic E-state index is -0.326. The summed E-state index contributed by atoms with van der Waals surface area (Å²) in [6.45, 7) is 0.695. The molecule has 1 unspecified atom stereocenters. The van der Waals surface area contributed by atoms with E-state index in [-0.39, 0.29) is 17.6 Å². The third kappa shape index (κ3) is 3.11. The number of hydrogen-bond donors (Lipinski definition) is 2. The standard InChI is InChI=1S/C23H23N3O2/c24-11-5-8-16-12-20-18(13-21(16)27)22-17(23(25)28)9-4-10-19(22)26(20)14-15-6-2-1-3-7-15/h1-3,6-7,12-13,17,27H,4-5,8-10,14H2,(H2,25,28). The summed E-state index contributed by atoms with van der Waals surface area (Å²) in [5.41, 5.74) is 10.7. The number of amides is 1. The number of nitrogens with zero attached hydrogens (tertiary/aromatic N) is 2. The molecule has 1 amide bonds. The Morgan fingerprint density at radius 1 is 1.29 bits per heavy atom. The van der Waals surface area contributed by atoms with E-state index >= 15 is 0 Å². The van der Waals surface area contributed by atoms with Crippen molar-refractivity contribution in [2.45, 2.75) is 44.6 Å². The van der Waals surface area contributed by atoms with Gasteiger partial charge in [-0.2, -0.15) is 5.26 Å². The number of aromatic hydroxyl groups is 1. The number of phenolic OH excluding ortho intramolecular Hbond substituents is 1. The molecule has 0 saturated heterocycles. The summed E-state index contributed by atoms with van der Waals surface area (Å²) in [6, 6.07) is 16.1. The molecule has 0 spiro atoms. The van der Waals surface area contributed by atoms with Crippen molar-refractivity contribution in [3.63, 3.8) is 0 Å². The van der Waals surface area contributed by atoms with E-state index in [2.05, 4.69) is 22.8 Å². The van der Waals surface area contributed by atoms with Crippen molar-refractivity contribution < 1.29 is 9.90 Å². The van der Waals surface area contributed by atoms with Gasteiger partial charge in [-0.3, -0.25) is 4.79 Å². The third-order valence-corrected chi connectivity index (χ3v) is 5.70. The van der Waals surface area contributed by atoms with E-state index in [1.807, 2.05) is 24.3 Å². The highest BCUT2D eigenvalue weighted by molar-refractivity contribution is 5.94. The lowest BCUT2D eigenvalue weighted by Crippen LogP contribution is -2.25. The molecule has 1 aromatic heterocycles. The second kappa shape index (κ2) is 7.40. The molecule has 0 radical (unpaired) electrons. The maximum atomic E-state index is 12.1. The first-order chi connectivity index (χ1) is 13.6. The van der Waals surface area contributed by atoms with Gasteiger partial charge in [0.2, 0.25) is 5.91 Å². The van der Waals surface area contributed by atoms with Crippen LogP contribution in [-0.4, -0.2) is 15.6 Å². The molecule has 1 atom stereocenters. The van der Waals surface area contributed by atoms with Crippen LogP contribution in [0.3, 0.4) is 0 Å². The number of nitriles is 1. The van der Waals surface area contributed by atoms with Gasteiger partial charge in [-0.1, -0.05) is 30.3 Å². The molecule has 5 heteroatoms. The van der Waals surface area contributed by atoms with E-state index in [4.69, 9.17) is 11.0 Å². The Morgan fingerprint density at radius 3 is 2.79 bits per heavy atom. The number of phenols is 1. The van der Waals surface area contributed by atoms with Crippen LogP contribution in [0.5, 0.6) is 5.75 Å². The summed E-state index contributed by atoms with van der Waals surface area (Å²) in [5.74, 6) is -0.461. The first-order valence-corrected chi connectivity index (χ1v) is 9.67. The zero-order chi connectivity index (χ0) is 19.7. The van der Waals surface area contributed by atoms with Crippen LogP contribution in [0.25, 0.3) is 10.9 Å². The molecule has 4 rings (SSSR count). The van der Waals surface area contributed by atoms with Crippen LogP contribution in [0.1, 0.15) is 47.6 Å². The molecular formula is C23H23N3O2.